The Labute approximate surface area is 121 Å². The summed E-state index contributed by atoms with van der Waals surface area (Å²) in [5.74, 6) is -1.46. The third-order valence-electron chi connectivity index (χ3n) is 4.17. The van der Waals surface area contributed by atoms with Gasteiger partial charge in [-0.3, -0.25) is 0 Å². The maximum atomic E-state index is 12.1. The summed E-state index contributed by atoms with van der Waals surface area (Å²) in [5, 5.41) is -0.550. The maximum Gasteiger partial charge on any atom is 0.344 e. The highest BCUT2D eigenvalue weighted by Gasteiger charge is 2.68. The highest BCUT2D eigenvalue weighted by atomic mass is 32.2. The van der Waals surface area contributed by atoms with E-state index in [0.29, 0.717) is 6.42 Å². The van der Waals surface area contributed by atoms with E-state index in [2.05, 4.69) is 11.3 Å². The third kappa shape index (κ3) is 2.07. The van der Waals surface area contributed by atoms with Crippen molar-refractivity contribution in [3.63, 3.8) is 0 Å². The fraction of sp³-hybridized carbons (Fsp3) is 0.667. The monoisotopic (exact) mass is 317 g/mol. The lowest BCUT2D eigenvalue weighted by atomic mass is 9.92. The normalized spacial score (nSPS) is 39.2. The summed E-state index contributed by atoms with van der Waals surface area (Å²) in [7, 11) is -1.93. The van der Waals surface area contributed by atoms with Crippen molar-refractivity contribution >= 4 is 22.0 Å². The number of carbonyl (C=O) groups excluding carboxylic acids is 2. The minimum Gasteiger partial charge on any atom is -0.455 e. The minimum atomic E-state index is -3.39. The number of hydrogen-bond acceptors (Lipinski definition) is 7. The van der Waals surface area contributed by atoms with Crippen LogP contribution in [-0.4, -0.2) is 67.9 Å². The van der Waals surface area contributed by atoms with E-state index in [9.17, 15) is 18.0 Å². The lowest BCUT2D eigenvalue weighted by molar-refractivity contribution is -0.163. The number of esters is 2. The maximum absolute atomic E-state index is 12.1. The summed E-state index contributed by atoms with van der Waals surface area (Å²) < 4.78 is 40.9. The molecule has 2 bridgehead atoms. The first-order chi connectivity index (χ1) is 9.86. The molecule has 116 valence electrons. The molecule has 3 aliphatic rings. The van der Waals surface area contributed by atoms with Gasteiger partial charge in [-0.1, -0.05) is 6.58 Å². The molecule has 0 aromatic heterocycles. The van der Waals surface area contributed by atoms with Crippen LogP contribution in [0.3, 0.4) is 0 Å². The Morgan fingerprint density at radius 1 is 1.48 bits per heavy atom. The highest BCUT2D eigenvalue weighted by molar-refractivity contribution is 7.90. The Balaban J connectivity index is 1.67. The van der Waals surface area contributed by atoms with Gasteiger partial charge in [0.1, 0.15) is 11.4 Å². The summed E-state index contributed by atoms with van der Waals surface area (Å²) in [4.78, 5) is 22.6. The lowest BCUT2D eigenvalue weighted by Crippen LogP contribution is -2.46. The predicted molar refractivity (Wildman–Crippen MR) is 68.6 cm³/mol. The second-order valence-corrected chi connectivity index (χ2v) is 7.44. The SMILES string of the molecule is C=CC(=O)OCC(=O)OC1C2CC3C(O2)C1N(C)S3(=O)=O. The average molecular weight is 317 g/mol. The van der Waals surface area contributed by atoms with E-state index in [1.807, 2.05) is 0 Å². The van der Waals surface area contributed by atoms with Crippen molar-refractivity contribution < 1.29 is 32.2 Å². The number of nitrogens with zero attached hydrogens (tertiary/aromatic N) is 1. The smallest absolute Gasteiger partial charge is 0.344 e. The van der Waals surface area contributed by atoms with E-state index in [1.54, 1.807) is 0 Å². The van der Waals surface area contributed by atoms with Crippen LogP contribution in [0.4, 0.5) is 0 Å². The molecule has 3 fully saturated rings. The van der Waals surface area contributed by atoms with E-state index in [0.717, 1.165) is 6.08 Å². The fourth-order valence-electron chi connectivity index (χ4n) is 3.24. The molecule has 21 heavy (non-hydrogen) atoms. The van der Waals surface area contributed by atoms with Crippen LogP contribution in [0, 0.1) is 0 Å². The first-order valence-electron chi connectivity index (χ1n) is 6.47. The van der Waals surface area contributed by atoms with E-state index in [4.69, 9.17) is 9.47 Å². The van der Waals surface area contributed by atoms with Crippen LogP contribution in [0.15, 0.2) is 12.7 Å². The van der Waals surface area contributed by atoms with Gasteiger partial charge in [-0.15, -0.1) is 0 Å². The van der Waals surface area contributed by atoms with E-state index in [1.165, 1.54) is 11.4 Å². The molecule has 0 radical (unpaired) electrons. The highest BCUT2D eigenvalue weighted by Crippen LogP contribution is 2.48. The van der Waals surface area contributed by atoms with E-state index < -0.39 is 58.2 Å². The minimum absolute atomic E-state index is 0.318. The molecular formula is C12H15NO7S. The molecule has 5 unspecified atom stereocenters. The molecule has 9 heteroatoms. The van der Waals surface area contributed by atoms with Gasteiger partial charge in [0.05, 0.1) is 18.2 Å². The third-order valence-corrected chi connectivity index (χ3v) is 6.45. The molecule has 8 nitrogen and oxygen atoms in total. The number of rotatable bonds is 4. The first kappa shape index (κ1) is 14.5. The van der Waals surface area contributed by atoms with Gasteiger partial charge in [-0.2, -0.15) is 4.31 Å². The number of carbonyl (C=O) groups is 2. The van der Waals surface area contributed by atoms with Crippen LogP contribution >= 0.6 is 0 Å². The Bertz CT molecular complexity index is 601. The van der Waals surface area contributed by atoms with Crippen molar-refractivity contribution in [3.05, 3.63) is 12.7 Å². The van der Waals surface area contributed by atoms with Gasteiger partial charge in [0, 0.05) is 13.1 Å². The van der Waals surface area contributed by atoms with Gasteiger partial charge in [-0.25, -0.2) is 18.0 Å². The molecule has 3 aliphatic heterocycles. The number of ether oxygens (including phenoxy) is 3. The topological polar surface area (TPSA) is 99.2 Å². The Morgan fingerprint density at radius 2 is 2.19 bits per heavy atom. The number of likely N-dealkylation sites (N-methyl/N-ethyl adjacent to an activating group) is 1. The van der Waals surface area contributed by atoms with Crippen LogP contribution in [0.1, 0.15) is 6.42 Å². The Kier molecular flexibility index (Phi) is 3.30. The van der Waals surface area contributed by atoms with Crippen molar-refractivity contribution in [2.24, 2.45) is 0 Å². The second kappa shape index (κ2) is 4.79. The van der Waals surface area contributed by atoms with Crippen LogP contribution in [0.25, 0.3) is 0 Å². The summed E-state index contributed by atoms with van der Waals surface area (Å²) in [6.45, 7) is 2.67. The molecule has 3 saturated heterocycles. The van der Waals surface area contributed by atoms with Crippen LogP contribution in [-0.2, 0) is 33.8 Å². The van der Waals surface area contributed by atoms with E-state index in [-0.39, 0.29) is 0 Å². The van der Waals surface area contributed by atoms with Crippen molar-refractivity contribution in [3.8, 4) is 0 Å². The fourth-order valence-corrected chi connectivity index (χ4v) is 5.24. The van der Waals surface area contributed by atoms with Gasteiger partial charge < -0.3 is 14.2 Å². The summed E-state index contributed by atoms with van der Waals surface area (Å²) in [6, 6.07) is -0.502. The van der Waals surface area contributed by atoms with Gasteiger partial charge in [-0.05, 0) is 6.42 Å². The summed E-state index contributed by atoms with van der Waals surface area (Å²) in [6.07, 6.45) is -0.292. The molecule has 0 N–H and O–H groups in total. The average Bonchev–Trinajstić information content (AvgIpc) is 3.05. The zero-order valence-corrected chi connectivity index (χ0v) is 12.1. The van der Waals surface area contributed by atoms with Crippen molar-refractivity contribution in [2.45, 2.75) is 36.0 Å². The summed E-state index contributed by atoms with van der Waals surface area (Å²) in [5.41, 5.74) is 0. The summed E-state index contributed by atoms with van der Waals surface area (Å²) >= 11 is 0. The zero-order valence-electron chi connectivity index (χ0n) is 11.3. The number of hydrogen-bond donors (Lipinski definition) is 0. The van der Waals surface area contributed by atoms with Gasteiger partial charge in [0.15, 0.2) is 6.61 Å². The Morgan fingerprint density at radius 3 is 2.86 bits per heavy atom. The molecule has 0 amide bonds. The molecule has 0 aliphatic carbocycles. The number of sulfonamides is 1. The molecule has 3 heterocycles. The van der Waals surface area contributed by atoms with Gasteiger partial charge >= 0.3 is 11.9 Å². The van der Waals surface area contributed by atoms with E-state index >= 15 is 0 Å². The molecule has 5 atom stereocenters. The molecule has 0 saturated carbocycles. The quantitative estimate of drug-likeness (QED) is 0.475. The van der Waals surface area contributed by atoms with Crippen molar-refractivity contribution in [1.82, 2.24) is 4.31 Å². The predicted octanol–water partition coefficient (Wildman–Crippen LogP) is -1.19. The van der Waals surface area contributed by atoms with Crippen molar-refractivity contribution in [1.29, 1.82) is 0 Å². The van der Waals surface area contributed by atoms with Crippen LogP contribution in [0.2, 0.25) is 0 Å². The molecular weight excluding hydrogens is 302 g/mol. The van der Waals surface area contributed by atoms with Crippen molar-refractivity contribution in [2.75, 3.05) is 13.7 Å². The van der Waals surface area contributed by atoms with Gasteiger partial charge in [0.25, 0.3) is 0 Å². The largest absolute Gasteiger partial charge is 0.455 e. The zero-order chi connectivity index (χ0) is 15.4. The number of fused-ring (bicyclic) bond motifs is 1. The first-order valence-corrected chi connectivity index (χ1v) is 7.97. The lowest BCUT2D eigenvalue weighted by Gasteiger charge is -2.25. The van der Waals surface area contributed by atoms with Crippen LogP contribution < -0.4 is 0 Å². The molecule has 0 aromatic rings. The molecule has 0 spiro atoms. The van der Waals surface area contributed by atoms with Gasteiger partial charge in [0.2, 0.25) is 10.0 Å². The Hall–Kier alpha value is -1.45. The molecule has 3 rings (SSSR count). The second-order valence-electron chi connectivity index (χ2n) is 5.23. The molecule has 0 aromatic carbocycles. The standard InChI is InChI=1S/C12H15NO7S/c1-3-8(14)18-5-9(15)20-11-6-4-7-12(19-6)10(11)13(2)21(7,16)17/h3,6-7,10-12H,1,4-5H2,2H3. The van der Waals surface area contributed by atoms with Crippen LogP contribution in [0.5, 0.6) is 0 Å².